The highest BCUT2D eigenvalue weighted by Gasteiger charge is 2.13. The van der Waals surface area contributed by atoms with Gasteiger partial charge in [0.2, 0.25) is 0 Å². The quantitative estimate of drug-likeness (QED) is 0.720. The van der Waals surface area contributed by atoms with Crippen molar-refractivity contribution in [3.8, 4) is 0 Å². The van der Waals surface area contributed by atoms with Crippen molar-refractivity contribution in [1.82, 2.24) is 9.78 Å². The maximum atomic E-state index is 9.76. The summed E-state index contributed by atoms with van der Waals surface area (Å²) < 4.78 is 1.80. The van der Waals surface area contributed by atoms with Gasteiger partial charge < -0.3 is 5.11 Å². The maximum absolute atomic E-state index is 9.76. The normalized spacial score (nSPS) is 12.9. The van der Waals surface area contributed by atoms with Crippen LogP contribution in [0.2, 0.25) is 0 Å². The minimum absolute atomic E-state index is 0.596. The van der Waals surface area contributed by atoms with Crippen LogP contribution in [0.5, 0.6) is 0 Å². The Morgan fingerprint density at radius 2 is 2.38 bits per heavy atom. The van der Waals surface area contributed by atoms with Crippen LogP contribution in [0.4, 0.5) is 0 Å². The summed E-state index contributed by atoms with van der Waals surface area (Å²) in [5, 5.41) is 14.0. The summed E-state index contributed by atoms with van der Waals surface area (Å²) in [6.45, 7) is 10.2. The zero-order valence-electron chi connectivity index (χ0n) is 8.41. The van der Waals surface area contributed by atoms with E-state index < -0.39 is 6.10 Å². The predicted octanol–water partition coefficient (Wildman–Crippen LogP) is 1.82. The summed E-state index contributed by atoms with van der Waals surface area (Å²) in [5.41, 5.74) is 2.50. The van der Waals surface area contributed by atoms with E-state index in [-0.39, 0.29) is 0 Å². The number of aliphatic hydroxyl groups is 1. The van der Waals surface area contributed by atoms with E-state index in [1.54, 1.807) is 4.68 Å². The summed E-state index contributed by atoms with van der Waals surface area (Å²) in [6, 6.07) is 1.89. The van der Waals surface area contributed by atoms with E-state index in [2.05, 4.69) is 11.7 Å². The van der Waals surface area contributed by atoms with Gasteiger partial charge in [-0.15, -0.1) is 0 Å². The van der Waals surface area contributed by atoms with Gasteiger partial charge in [-0.1, -0.05) is 6.58 Å². The van der Waals surface area contributed by atoms with Crippen LogP contribution >= 0.6 is 0 Å². The summed E-state index contributed by atoms with van der Waals surface area (Å²) >= 11 is 0. The average Bonchev–Trinajstić information content (AvgIpc) is 2.45. The molecule has 0 spiro atoms. The van der Waals surface area contributed by atoms with Crippen LogP contribution < -0.4 is 0 Å². The summed E-state index contributed by atoms with van der Waals surface area (Å²) in [6.07, 6.45) is -0.596. The highest BCUT2D eigenvalue weighted by Crippen LogP contribution is 2.20. The molecule has 1 atom stereocenters. The molecule has 1 N–H and O–H groups in total. The Labute approximate surface area is 78.7 Å². The number of aryl methyl sites for hydroxylation is 2. The first kappa shape index (κ1) is 9.99. The molecule has 0 saturated carbocycles. The zero-order chi connectivity index (χ0) is 10.0. The predicted molar refractivity (Wildman–Crippen MR) is 52.4 cm³/mol. The SMILES string of the molecule is C=C(C)C(O)c1cc(C)nn1CC. The molecule has 13 heavy (non-hydrogen) atoms. The van der Waals surface area contributed by atoms with Crippen molar-refractivity contribution in [2.24, 2.45) is 0 Å². The topological polar surface area (TPSA) is 38.1 Å². The third-order valence-corrected chi connectivity index (χ3v) is 1.98. The molecule has 1 unspecified atom stereocenters. The van der Waals surface area contributed by atoms with Gasteiger partial charge in [-0.3, -0.25) is 4.68 Å². The Hall–Kier alpha value is -1.09. The summed E-state index contributed by atoms with van der Waals surface area (Å²) in [7, 11) is 0. The smallest absolute Gasteiger partial charge is 0.116 e. The Morgan fingerprint density at radius 1 is 1.77 bits per heavy atom. The molecule has 1 heterocycles. The first-order valence-electron chi connectivity index (χ1n) is 4.44. The molecule has 1 aromatic heterocycles. The monoisotopic (exact) mass is 180 g/mol. The summed E-state index contributed by atoms with van der Waals surface area (Å²) in [4.78, 5) is 0. The van der Waals surface area contributed by atoms with Crippen LogP contribution in [0.25, 0.3) is 0 Å². The van der Waals surface area contributed by atoms with Gasteiger partial charge in [0.25, 0.3) is 0 Å². The highest BCUT2D eigenvalue weighted by molar-refractivity contribution is 5.19. The molecular weight excluding hydrogens is 164 g/mol. The van der Waals surface area contributed by atoms with Crippen molar-refractivity contribution in [3.05, 3.63) is 29.6 Å². The van der Waals surface area contributed by atoms with E-state index >= 15 is 0 Å². The van der Waals surface area contributed by atoms with Crippen molar-refractivity contribution in [2.45, 2.75) is 33.4 Å². The number of hydrogen-bond acceptors (Lipinski definition) is 2. The van der Waals surface area contributed by atoms with E-state index in [1.165, 1.54) is 0 Å². The van der Waals surface area contributed by atoms with Crippen LogP contribution in [-0.2, 0) is 6.54 Å². The Kier molecular flexibility index (Phi) is 2.88. The average molecular weight is 180 g/mol. The lowest BCUT2D eigenvalue weighted by Crippen LogP contribution is -2.08. The number of hydrogen-bond donors (Lipinski definition) is 1. The van der Waals surface area contributed by atoms with E-state index in [1.807, 2.05) is 26.8 Å². The van der Waals surface area contributed by atoms with Gasteiger partial charge in [-0.25, -0.2) is 0 Å². The molecule has 0 bridgehead atoms. The van der Waals surface area contributed by atoms with Gasteiger partial charge in [0.05, 0.1) is 11.4 Å². The molecule has 3 nitrogen and oxygen atoms in total. The fourth-order valence-electron chi connectivity index (χ4n) is 1.29. The molecule has 0 fully saturated rings. The highest BCUT2D eigenvalue weighted by atomic mass is 16.3. The minimum Gasteiger partial charge on any atom is -0.382 e. The van der Waals surface area contributed by atoms with E-state index in [0.717, 1.165) is 23.5 Å². The largest absolute Gasteiger partial charge is 0.382 e. The van der Waals surface area contributed by atoms with Crippen molar-refractivity contribution >= 4 is 0 Å². The second-order valence-corrected chi connectivity index (χ2v) is 3.28. The molecule has 1 rings (SSSR count). The second kappa shape index (κ2) is 3.75. The number of rotatable bonds is 3. The molecule has 3 heteroatoms. The summed E-state index contributed by atoms with van der Waals surface area (Å²) in [5.74, 6) is 0. The molecule has 0 amide bonds. The lowest BCUT2D eigenvalue weighted by molar-refractivity contribution is 0.204. The lowest BCUT2D eigenvalue weighted by Gasteiger charge is -2.11. The van der Waals surface area contributed by atoms with Crippen LogP contribution in [0.3, 0.4) is 0 Å². The molecule has 1 aromatic rings. The van der Waals surface area contributed by atoms with Crippen LogP contribution in [0.15, 0.2) is 18.2 Å². The van der Waals surface area contributed by atoms with Crippen molar-refractivity contribution < 1.29 is 5.11 Å². The molecule has 0 radical (unpaired) electrons. The number of nitrogens with zero attached hydrogens (tertiary/aromatic N) is 2. The van der Waals surface area contributed by atoms with E-state index in [0.29, 0.717) is 0 Å². The zero-order valence-corrected chi connectivity index (χ0v) is 8.41. The Balaban J connectivity index is 3.05. The van der Waals surface area contributed by atoms with E-state index in [4.69, 9.17) is 0 Å². The first-order valence-corrected chi connectivity index (χ1v) is 4.44. The molecule has 72 valence electrons. The fourth-order valence-corrected chi connectivity index (χ4v) is 1.29. The van der Waals surface area contributed by atoms with Gasteiger partial charge >= 0.3 is 0 Å². The number of aliphatic hydroxyl groups excluding tert-OH is 1. The van der Waals surface area contributed by atoms with Crippen LogP contribution in [0, 0.1) is 6.92 Å². The molecule has 0 aliphatic rings. The van der Waals surface area contributed by atoms with Crippen molar-refractivity contribution in [1.29, 1.82) is 0 Å². The fraction of sp³-hybridized carbons (Fsp3) is 0.500. The maximum Gasteiger partial charge on any atom is 0.116 e. The Morgan fingerprint density at radius 3 is 2.85 bits per heavy atom. The third-order valence-electron chi connectivity index (χ3n) is 1.98. The number of aromatic nitrogens is 2. The Bertz CT molecular complexity index is 315. The second-order valence-electron chi connectivity index (χ2n) is 3.28. The van der Waals surface area contributed by atoms with Crippen LogP contribution in [-0.4, -0.2) is 14.9 Å². The van der Waals surface area contributed by atoms with Gasteiger partial charge in [-0.05, 0) is 32.4 Å². The van der Waals surface area contributed by atoms with Crippen molar-refractivity contribution in [2.75, 3.05) is 0 Å². The lowest BCUT2D eigenvalue weighted by atomic mass is 10.1. The molecule has 0 saturated heterocycles. The van der Waals surface area contributed by atoms with Gasteiger partial charge in [-0.2, -0.15) is 5.10 Å². The first-order chi connectivity index (χ1) is 6.06. The van der Waals surface area contributed by atoms with Crippen molar-refractivity contribution in [3.63, 3.8) is 0 Å². The third kappa shape index (κ3) is 1.98. The van der Waals surface area contributed by atoms with E-state index in [9.17, 15) is 5.11 Å². The van der Waals surface area contributed by atoms with Crippen LogP contribution in [0.1, 0.15) is 31.3 Å². The van der Waals surface area contributed by atoms with Gasteiger partial charge in [0, 0.05) is 6.54 Å². The molecule has 0 aromatic carbocycles. The molecule has 0 aliphatic carbocycles. The molecular formula is C10H16N2O. The van der Waals surface area contributed by atoms with Gasteiger partial charge in [0.15, 0.2) is 0 Å². The molecule has 0 aliphatic heterocycles. The van der Waals surface area contributed by atoms with Gasteiger partial charge in [0.1, 0.15) is 6.10 Å². The minimum atomic E-state index is -0.596. The standard InChI is InChI=1S/C10H16N2O/c1-5-12-9(6-8(4)11-12)10(13)7(2)3/h6,10,13H,2,5H2,1,3-4H3.